The van der Waals surface area contributed by atoms with Crippen LogP contribution in [-0.4, -0.2) is 44.6 Å². The van der Waals surface area contributed by atoms with Crippen LogP contribution in [-0.2, 0) is 0 Å². The molecule has 24 heavy (non-hydrogen) atoms. The van der Waals surface area contributed by atoms with Gasteiger partial charge in [-0.1, -0.05) is 0 Å². The number of anilines is 2. The first-order valence-corrected chi connectivity index (χ1v) is 7.12. The Hall–Kier alpha value is -2.71. The third-order valence-electron chi connectivity index (χ3n) is 3.24. The molecule has 1 amide bonds. The second-order valence-corrected chi connectivity index (χ2v) is 5.06. The van der Waals surface area contributed by atoms with Gasteiger partial charge in [-0.2, -0.15) is 0 Å². The van der Waals surface area contributed by atoms with Crippen LogP contribution in [0.2, 0.25) is 0 Å². The molecule has 9 heteroatoms. The predicted octanol–water partition coefficient (Wildman–Crippen LogP) is 1.67. The van der Waals surface area contributed by atoms with E-state index in [-0.39, 0.29) is 24.0 Å². The summed E-state index contributed by atoms with van der Waals surface area (Å²) >= 11 is 0. The van der Waals surface area contributed by atoms with E-state index in [1.54, 1.807) is 41.7 Å². The zero-order chi connectivity index (χ0) is 16.2. The minimum Gasteiger partial charge on any atom is -0.337 e. The summed E-state index contributed by atoms with van der Waals surface area (Å²) in [6, 6.07) is 3.64. The van der Waals surface area contributed by atoms with E-state index in [1.165, 1.54) is 0 Å². The molecule has 2 aromatic heterocycles. The summed E-state index contributed by atoms with van der Waals surface area (Å²) in [5, 5.41) is 6.54. The summed E-state index contributed by atoms with van der Waals surface area (Å²) in [7, 11) is 1.85. The lowest BCUT2D eigenvalue weighted by Crippen LogP contribution is -2.47. The van der Waals surface area contributed by atoms with Crippen molar-refractivity contribution in [2.45, 2.75) is 6.92 Å². The lowest BCUT2D eigenvalue weighted by molar-refractivity contribution is 0.0186. The summed E-state index contributed by atoms with van der Waals surface area (Å²) in [5.41, 5.74) is 4.43. The number of nitrogens with one attached hydrogen (secondary N) is 2. The third kappa shape index (κ3) is 3.98. The summed E-state index contributed by atoms with van der Waals surface area (Å²) in [5.74, 6) is 0.0547. The molecule has 2 aromatic rings. The Kier molecular flexibility index (Phi) is 5.67. The monoisotopic (exact) mass is 347 g/mol. The van der Waals surface area contributed by atoms with E-state index in [4.69, 9.17) is 0 Å². The van der Waals surface area contributed by atoms with Gasteiger partial charge in [0.1, 0.15) is 0 Å². The van der Waals surface area contributed by atoms with Gasteiger partial charge in [-0.25, -0.2) is 9.97 Å². The zero-order valence-electron chi connectivity index (χ0n) is 13.3. The van der Waals surface area contributed by atoms with Crippen molar-refractivity contribution in [1.82, 2.24) is 30.5 Å². The second kappa shape index (κ2) is 7.71. The van der Waals surface area contributed by atoms with E-state index in [1.807, 2.05) is 25.4 Å². The van der Waals surface area contributed by atoms with Crippen molar-refractivity contribution in [1.29, 1.82) is 0 Å². The number of nitrogens with zero attached hydrogens (tertiary/aromatic N) is 5. The van der Waals surface area contributed by atoms with Crippen LogP contribution in [0.1, 0.15) is 16.2 Å². The maximum atomic E-state index is 12.5. The van der Waals surface area contributed by atoms with Gasteiger partial charge in [-0.3, -0.25) is 20.2 Å². The molecule has 0 radical (unpaired) electrons. The average molecular weight is 348 g/mol. The first-order valence-electron chi connectivity index (χ1n) is 7.12. The first kappa shape index (κ1) is 17.6. The third-order valence-corrected chi connectivity index (χ3v) is 3.24. The SMILES string of the molecule is Cc1cnc(Nc2cccnc2)c(C(=O)NN2CC=CN2C)n1.Cl. The Labute approximate surface area is 146 Å². The van der Waals surface area contributed by atoms with Gasteiger partial charge >= 0.3 is 0 Å². The van der Waals surface area contributed by atoms with Gasteiger partial charge < -0.3 is 5.32 Å². The smallest absolute Gasteiger partial charge is 0.289 e. The molecule has 0 bridgehead atoms. The van der Waals surface area contributed by atoms with Gasteiger partial charge in [-0.15, -0.1) is 17.5 Å². The molecular formula is C15H18ClN7O. The quantitative estimate of drug-likeness (QED) is 0.869. The number of carbonyl (C=O) groups excluding carboxylic acids is 1. The minimum absolute atomic E-state index is 0. The molecule has 3 heterocycles. The lowest BCUT2D eigenvalue weighted by atomic mass is 10.3. The number of hydrogen-bond donors (Lipinski definition) is 2. The van der Waals surface area contributed by atoms with Crippen LogP contribution in [0.3, 0.4) is 0 Å². The van der Waals surface area contributed by atoms with Crippen LogP contribution in [0.25, 0.3) is 0 Å². The van der Waals surface area contributed by atoms with E-state index in [0.717, 1.165) is 5.69 Å². The molecule has 0 fully saturated rings. The largest absolute Gasteiger partial charge is 0.337 e. The van der Waals surface area contributed by atoms with E-state index in [2.05, 4.69) is 25.7 Å². The van der Waals surface area contributed by atoms with E-state index in [0.29, 0.717) is 18.1 Å². The van der Waals surface area contributed by atoms with Gasteiger partial charge in [0.2, 0.25) is 0 Å². The first-order chi connectivity index (χ1) is 11.1. The Morgan fingerprint density at radius 3 is 2.83 bits per heavy atom. The average Bonchev–Trinajstić information content (AvgIpc) is 2.95. The van der Waals surface area contributed by atoms with Crippen molar-refractivity contribution >= 4 is 29.8 Å². The van der Waals surface area contributed by atoms with Gasteiger partial charge in [-0.05, 0) is 25.1 Å². The van der Waals surface area contributed by atoms with Crippen molar-refractivity contribution < 1.29 is 4.79 Å². The molecule has 1 aliphatic rings. The van der Waals surface area contributed by atoms with Crippen molar-refractivity contribution in [2.24, 2.45) is 0 Å². The number of aryl methyl sites for hydroxylation is 1. The summed E-state index contributed by atoms with van der Waals surface area (Å²) in [6.45, 7) is 2.40. The zero-order valence-corrected chi connectivity index (χ0v) is 14.1. The molecule has 0 atom stereocenters. The molecule has 1 aliphatic heterocycles. The predicted molar refractivity (Wildman–Crippen MR) is 92.6 cm³/mol. The standard InChI is InChI=1S/C15H17N7O.ClH/c1-11-9-17-14(19-12-5-3-6-16-10-12)13(18-11)15(23)20-22-8-4-7-21(22)2;/h3-7,9-10H,8H2,1-2H3,(H,17,19)(H,20,23);1H. The van der Waals surface area contributed by atoms with Crippen molar-refractivity contribution in [3.05, 3.63) is 54.4 Å². The van der Waals surface area contributed by atoms with Crippen molar-refractivity contribution in [3.63, 3.8) is 0 Å². The minimum atomic E-state index is -0.330. The molecule has 0 spiro atoms. The number of amides is 1. The van der Waals surface area contributed by atoms with Gasteiger partial charge in [0.15, 0.2) is 11.5 Å². The van der Waals surface area contributed by atoms with Gasteiger partial charge in [0.05, 0.1) is 30.3 Å². The molecule has 0 saturated carbocycles. The van der Waals surface area contributed by atoms with Crippen LogP contribution in [0, 0.1) is 6.92 Å². The van der Waals surface area contributed by atoms with Crippen LogP contribution < -0.4 is 10.7 Å². The molecule has 3 rings (SSSR count). The van der Waals surface area contributed by atoms with Crippen LogP contribution in [0.15, 0.2) is 43.0 Å². The highest BCUT2D eigenvalue weighted by Gasteiger charge is 2.20. The number of halogens is 1. The lowest BCUT2D eigenvalue weighted by Gasteiger charge is -2.25. The Morgan fingerprint density at radius 1 is 1.33 bits per heavy atom. The fourth-order valence-electron chi connectivity index (χ4n) is 2.10. The van der Waals surface area contributed by atoms with E-state index < -0.39 is 0 Å². The van der Waals surface area contributed by atoms with Gasteiger partial charge in [0.25, 0.3) is 5.91 Å². The van der Waals surface area contributed by atoms with Crippen LogP contribution >= 0.6 is 12.4 Å². The number of rotatable bonds is 4. The van der Waals surface area contributed by atoms with Crippen LogP contribution in [0.5, 0.6) is 0 Å². The van der Waals surface area contributed by atoms with Gasteiger partial charge in [0, 0.05) is 19.4 Å². The molecule has 126 valence electrons. The van der Waals surface area contributed by atoms with E-state index in [9.17, 15) is 4.79 Å². The van der Waals surface area contributed by atoms with Crippen molar-refractivity contribution in [2.75, 3.05) is 18.9 Å². The fraction of sp³-hybridized carbons (Fsp3) is 0.200. The highest BCUT2D eigenvalue weighted by molar-refractivity contribution is 5.97. The number of carbonyl (C=O) groups is 1. The molecule has 8 nitrogen and oxygen atoms in total. The van der Waals surface area contributed by atoms with Crippen molar-refractivity contribution in [3.8, 4) is 0 Å². The Balaban J connectivity index is 0.00000208. The summed E-state index contributed by atoms with van der Waals surface area (Å²) in [6.07, 6.45) is 8.75. The molecule has 0 aromatic carbocycles. The van der Waals surface area contributed by atoms with E-state index >= 15 is 0 Å². The molecule has 2 N–H and O–H groups in total. The van der Waals surface area contributed by atoms with Crippen LogP contribution in [0.4, 0.5) is 11.5 Å². The molecular weight excluding hydrogens is 330 g/mol. The summed E-state index contributed by atoms with van der Waals surface area (Å²) in [4.78, 5) is 25.2. The number of pyridine rings is 1. The topological polar surface area (TPSA) is 86.3 Å². The number of hydrazine groups is 2. The Morgan fingerprint density at radius 2 is 2.17 bits per heavy atom. The normalized spacial score (nSPS) is 13.5. The molecule has 0 aliphatic carbocycles. The maximum Gasteiger partial charge on any atom is 0.289 e. The second-order valence-electron chi connectivity index (χ2n) is 5.06. The molecule has 0 unspecified atom stereocenters. The fourth-order valence-corrected chi connectivity index (χ4v) is 2.10. The number of hydrogen-bond acceptors (Lipinski definition) is 7. The highest BCUT2D eigenvalue weighted by Crippen LogP contribution is 2.17. The maximum absolute atomic E-state index is 12.5. The highest BCUT2D eigenvalue weighted by atomic mass is 35.5. The number of aromatic nitrogens is 3. The summed E-state index contributed by atoms with van der Waals surface area (Å²) < 4.78 is 0. The Bertz CT molecular complexity index is 738. The molecule has 0 saturated heterocycles.